The molecule has 8 heteroatoms. The average molecular weight is 402 g/mol. The van der Waals surface area contributed by atoms with Crippen LogP contribution in [0.1, 0.15) is 24.5 Å². The lowest BCUT2D eigenvalue weighted by molar-refractivity contribution is -0.154. The highest BCUT2D eigenvalue weighted by Crippen LogP contribution is 2.34. The lowest BCUT2D eigenvalue weighted by Crippen LogP contribution is -2.49. The molecule has 2 atom stereocenters. The molecule has 144 valence electrons. The van der Waals surface area contributed by atoms with Crippen molar-refractivity contribution in [2.24, 2.45) is 5.92 Å². The van der Waals surface area contributed by atoms with Gasteiger partial charge in [0, 0.05) is 19.6 Å². The van der Waals surface area contributed by atoms with E-state index >= 15 is 0 Å². The molecule has 0 radical (unpaired) electrons. The first-order valence-electron chi connectivity index (χ1n) is 8.44. The van der Waals surface area contributed by atoms with E-state index in [0.29, 0.717) is 19.5 Å². The first-order valence-corrected chi connectivity index (χ1v) is 10.3. The fourth-order valence-electron chi connectivity index (χ4n) is 3.43. The van der Waals surface area contributed by atoms with Crippen LogP contribution in [0.2, 0.25) is 0 Å². The van der Waals surface area contributed by atoms with E-state index < -0.39 is 28.1 Å². The number of carbonyl (C=O) groups excluding carboxylic acids is 1. The highest BCUT2D eigenvalue weighted by Gasteiger charge is 2.38. The Morgan fingerprint density at radius 3 is 2.69 bits per heavy atom. The van der Waals surface area contributed by atoms with Gasteiger partial charge in [0.2, 0.25) is 0 Å². The van der Waals surface area contributed by atoms with E-state index in [1.807, 2.05) is 12.1 Å². The van der Waals surface area contributed by atoms with E-state index in [0.717, 1.165) is 12.8 Å². The van der Waals surface area contributed by atoms with Crippen molar-refractivity contribution in [1.29, 1.82) is 0 Å². The zero-order chi connectivity index (χ0) is 18.0. The first-order chi connectivity index (χ1) is 11.9. The molecule has 1 aromatic carbocycles. The van der Waals surface area contributed by atoms with Crippen LogP contribution in [-0.4, -0.2) is 57.9 Å². The molecule has 0 amide bonds. The minimum absolute atomic E-state index is 0. The molecule has 2 aliphatic rings. The zero-order valence-electron chi connectivity index (χ0n) is 14.9. The molecule has 0 saturated carbocycles. The summed E-state index contributed by atoms with van der Waals surface area (Å²) >= 11 is 0. The van der Waals surface area contributed by atoms with Gasteiger partial charge in [-0.05, 0) is 36.1 Å². The van der Waals surface area contributed by atoms with Crippen LogP contribution < -0.4 is 0 Å². The molecule has 0 aromatic heterocycles. The van der Waals surface area contributed by atoms with Crippen molar-refractivity contribution in [3.8, 4) is 0 Å². The Labute approximate surface area is 160 Å². The van der Waals surface area contributed by atoms with Gasteiger partial charge in [-0.2, -0.15) is 8.42 Å². The number of hydrogen-bond donors (Lipinski definition) is 0. The van der Waals surface area contributed by atoms with Crippen LogP contribution in [-0.2, 0) is 23.8 Å². The summed E-state index contributed by atoms with van der Waals surface area (Å²) in [7, 11) is -3.62. The number of esters is 1. The average Bonchev–Trinajstić information content (AvgIpc) is 2.52. The third-order valence-electron chi connectivity index (χ3n) is 4.55. The summed E-state index contributed by atoms with van der Waals surface area (Å²) in [6.07, 6.45) is 2.98. The highest BCUT2D eigenvalue weighted by molar-refractivity contribution is 7.86. The second kappa shape index (κ2) is 8.52. The number of benzene rings is 1. The van der Waals surface area contributed by atoms with Gasteiger partial charge in [0.05, 0.1) is 24.9 Å². The molecule has 1 aromatic rings. The second-order valence-electron chi connectivity index (χ2n) is 6.48. The Hall–Kier alpha value is -1.41. The van der Waals surface area contributed by atoms with Crippen molar-refractivity contribution in [3.05, 3.63) is 35.4 Å². The number of fused-ring (bicyclic) bond motifs is 1. The number of ether oxygens (including phenoxy) is 1. The summed E-state index contributed by atoms with van der Waals surface area (Å²) in [5.41, 5.74) is 3.71. The summed E-state index contributed by atoms with van der Waals surface area (Å²) < 4.78 is 33.2. The third-order valence-corrected chi connectivity index (χ3v) is 5.15. The number of likely N-dealkylation sites (tertiary alicyclic amines) is 1. The standard InChI is InChI=1S/C18H23NO5S.ClH/c1-3-23-18(20)16-12-19(9-8-17(16)24-25(2,21)22)11-14-10-13-6-4-5-7-15(13)14;/h4-7,10,16-17H,3,8-9,11-12H2,1-2H3;1H/t16-,17-;/m1./s1. The van der Waals surface area contributed by atoms with E-state index in [1.54, 1.807) is 6.92 Å². The molecule has 0 bridgehead atoms. The molecular weight excluding hydrogens is 378 g/mol. The molecule has 6 nitrogen and oxygen atoms in total. The summed E-state index contributed by atoms with van der Waals surface area (Å²) in [4.78, 5) is 14.4. The predicted octanol–water partition coefficient (Wildman–Crippen LogP) is 2.19. The van der Waals surface area contributed by atoms with Gasteiger partial charge in [-0.3, -0.25) is 13.9 Å². The molecule has 1 saturated heterocycles. The Balaban J connectivity index is 0.00000243. The van der Waals surface area contributed by atoms with Crippen molar-refractivity contribution in [3.63, 3.8) is 0 Å². The van der Waals surface area contributed by atoms with Gasteiger partial charge < -0.3 is 4.74 Å². The number of halogens is 1. The normalized spacial score (nSPS) is 22.5. The lowest BCUT2D eigenvalue weighted by atomic mass is 9.87. The van der Waals surface area contributed by atoms with Gasteiger partial charge in [0.15, 0.2) is 0 Å². The fourth-order valence-corrected chi connectivity index (χ4v) is 4.11. The number of carbonyl (C=O) groups is 1. The molecule has 0 unspecified atom stereocenters. The smallest absolute Gasteiger partial charge is 0.312 e. The van der Waals surface area contributed by atoms with Crippen molar-refractivity contribution in [1.82, 2.24) is 4.90 Å². The van der Waals surface area contributed by atoms with Crippen LogP contribution in [0.3, 0.4) is 0 Å². The third kappa shape index (κ3) is 4.85. The zero-order valence-corrected chi connectivity index (χ0v) is 16.5. The van der Waals surface area contributed by atoms with Crippen LogP contribution in [0, 0.1) is 5.92 Å². The number of hydrogen-bond acceptors (Lipinski definition) is 6. The van der Waals surface area contributed by atoms with Crippen molar-refractivity contribution in [2.45, 2.75) is 19.4 Å². The highest BCUT2D eigenvalue weighted by atomic mass is 35.5. The van der Waals surface area contributed by atoms with E-state index in [4.69, 9.17) is 8.92 Å². The molecule has 3 rings (SSSR count). The minimum atomic E-state index is -3.62. The topological polar surface area (TPSA) is 72.9 Å². The van der Waals surface area contributed by atoms with Crippen LogP contribution >= 0.6 is 12.4 Å². The minimum Gasteiger partial charge on any atom is -0.466 e. The van der Waals surface area contributed by atoms with E-state index in [-0.39, 0.29) is 19.0 Å². The Kier molecular flexibility index (Phi) is 6.85. The van der Waals surface area contributed by atoms with Crippen molar-refractivity contribution < 1.29 is 22.1 Å². The second-order valence-corrected chi connectivity index (χ2v) is 8.08. The molecule has 1 aliphatic carbocycles. The summed E-state index contributed by atoms with van der Waals surface area (Å²) in [6.45, 7) is 3.84. The van der Waals surface area contributed by atoms with E-state index in [2.05, 4.69) is 23.1 Å². The number of piperidine rings is 1. The Morgan fingerprint density at radius 1 is 1.31 bits per heavy atom. The van der Waals surface area contributed by atoms with Crippen molar-refractivity contribution >= 4 is 40.1 Å². The molecule has 0 spiro atoms. The lowest BCUT2D eigenvalue weighted by Gasteiger charge is -2.37. The van der Waals surface area contributed by atoms with Gasteiger partial charge in [0.1, 0.15) is 0 Å². The maximum absolute atomic E-state index is 12.3. The van der Waals surface area contributed by atoms with E-state index in [1.165, 1.54) is 16.7 Å². The molecule has 26 heavy (non-hydrogen) atoms. The maximum Gasteiger partial charge on any atom is 0.312 e. The van der Waals surface area contributed by atoms with Gasteiger partial charge in [-0.25, -0.2) is 0 Å². The first kappa shape index (κ1) is 20.9. The largest absolute Gasteiger partial charge is 0.466 e. The molecule has 1 heterocycles. The van der Waals surface area contributed by atoms with Crippen LogP contribution in [0.25, 0.3) is 11.6 Å². The molecule has 1 fully saturated rings. The Bertz CT molecular complexity index is 793. The predicted molar refractivity (Wildman–Crippen MR) is 102 cm³/mol. The summed E-state index contributed by atoms with van der Waals surface area (Å²) in [5, 5.41) is 0. The molecule has 0 N–H and O–H groups in total. The van der Waals surface area contributed by atoms with Gasteiger partial charge in [-0.15, -0.1) is 12.4 Å². The van der Waals surface area contributed by atoms with Crippen molar-refractivity contribution in [2.75, 3.05) is 32.5 Å². The number of nitrogens with zero attached hydrogens (tertiary/aromatic N) is 1. The van der Waals surface area contributed by atoms with Gasteiger partial charge in [0.25, 0.3) is 10.1 Å². The summed E-state index contributed by atoms with van der Waals surface area (Å²) in [5.74, 6) is -0.997. The quantitative estimate of drug-likeness (QED) is 0.537. The van der Waals surface area contributed by atoms with Crippen LogP contribution in [0.15, 0.2) is 24.3 Å². The monoisotopic (exact) mass is 401 g/mol. The van der Waals surface area contributed by atoms with Crippen LogP contribution in [0.5, 0.6) is 0 Å². The fraction of sp³-hybridized carbons (Fsp3) is 0.500. The molecule has 1 aliphatic heterocycles. The van der Waals surface area contributed by atoms with Gasteiger partial charge in [-0.1, -0.05) is 24.3 Å². The van der Waals surface area contributed by atoms with Crippen LogP contribution in [0.4, 0.5) is 0 Å². The SMILES string of the molecule is CCOC(=O)[C@@H]1CN(CC2=Cc3ccccc32)CC[C@H]1OS(C)(=O)=O.Cl. The maximum atomic E-state index is 12.3. The Morgan fingerprint density at radius 2 is 2.04 bits per heavy atom. The molecular formula is C18H24ClNO5S. The van der Waals surface area contributed by atoms with Gasteiger partial charge >= 0.3 is 5.97 Å². The summed E-state index contributed by atoms with van der Waals surface area (Å²) in [6, 6.07) is 8.19. The number of rotatable bonds is 6. The van der Waals surface area contributed by atoms with E-state index in [9.17, 15) is 13.2 Å².